The molecule has 2 aromatic carbocycles. The minimum absolute atomic E-state index is 0.0567. The van der Waals surface area contributed by atoms with Gasteiger partial charge in [-0.05, 0) is 49.2 Å². The van der Waals surface area contributed by atoms with Crippen LogP contribution in [0.25, 0.3) is 0 Å². The standard InChI is InChI=1S/C19H19N3O4S/c1-12-9-14-10-13(7-8-16(14)22(12)27(2,25)26)19(24)21-11-18(23)20-15-5-3-4-6-17(15)21/h3-8,10,12H,9,11H2,1-2H3,(H,20,23). The Morgan fingerprint density at radius 3 is 2.63 bits per heavy atom. The zero-order chi connectivity index (χ0) is 19.3. The number of nitrogens with zero attached hydrogens (tertiary/aromatic N) is 2. The maximum absolute atomic E-state index is 13.1. The molecule has 0 bridgehead atoms. The van der Waals surface area contributed by atoms with Crippen molar-refractivity contribution in [3.8, 4) is 0 Å². The molecule has 1 N–H and O–H groups in total. The number of benzene rings is 2. The highest BCUT2D eigenvalue weighted by Gasteiger charge is 2.34. The van der Waals surface area contributed by atoms with Gasteiger partial charge in [0.2, 0.25) is 15.9 Å². The van der Waals surface area contributed by atoms with Crippen LogP contribution in [0.15, 0.2) is 42.5 Å². The van der Waals surface area contributed by atoms with Gasteiger partial charge in [0.25, 0.3) is 5.91 Å². The number of para-hydroxylation sites is 2. The van der Waals surface area contributed by atoms with Gasteiger partial charge in [0.05, 0.1) is 23.3 Å². The molecular weight excluding hydrogens is 366 g/mol. The molecule has 2 heterocycles. The number of sulfonamides is 1. The lowest BCUT2D eigenvalue weighted by atomic mass is 10.1. The second-order valence-electron chi connectivity index (χ2n) is 6.91. The zero-order valence-corrected chi connectivity index (χ0v) is 15.8. The van der Waals surface area contributed by atoms with Crippen LogP contribution in [0.5, 0.6) is 0 Å². The van der Waals surface area contributed by atoms with Gasteiger partial charge < -0.3 is 5.32 Å². The van der Waals surface area contributed by atoms with Crippen molar-refractivity contribution < 1.29 is 18.0 Å². The van der Waals surface area contributed by atoms with Gasteiger partial charge >= 0.3 is 0 Å². The molecule has 0 spiro atoms. The zero-order valence-electron chi connectivity index (χ0n) is 15.0. The Hall–Kier alpha value is -2.87. The lowest BCUT2D eigenvalue weighted by Gasteiger charge is -2.29. The van der Waals surface area contributed by atoms with E-state index in [1.54, 1.807) is 36.4 Å². The molecule has 2 aliphatic heterocycles. The Morgan fingerprint density at radius 2 is 1.89 bits per heavy atom. The third-order valence-corrected chi connectivity index (χ3v) is 6.12. The summed E-state index contributed by atoms with van der Waals surface area (Å²) in [6.45, 7) is 1.78. The molecule has 27 heavy (non-hydrogen) atoms. The largest absolute Gasteiger partial charge is 0.323 e. The number of anilines is 3. The highest BCUT2D eigenvalue weighted by molar-refractivity contribution is 7.92. The molecule has 0 aromatic heterocycles. The van der Waals surface area contributed by atoms with E-state index in [9.17, 15) is 18.0 Å². The molecule has 0 aliphatic carbocycles. The van der Waals surface area contributed by atoms with Gasteiger partial charge in [-0.2, -0.15) is 0 Å². The summed E-state index contributed by atoms with van der Waals surface area (Å²) in [5, 5.41) is 2.76. The molecule has 0 saturated carbocycles. The summed E-state index contributed by atoms with van der Waals surface area (Å²) in [7, 11) is -3.38. The molecule has 0 radical (unpaired) electrons. The fourth-order valence-electron chi connectivity index (χ4n) is 3.81. The Kier molecular flexibility index (Phi) is 3.96. The third kappa shape index (κ3) is 2.95. The number of rotatable bonds is 2. The van der Waals surface area contributed by atoms with E-state index in [1.165, 1.54) is 15.5 Å². The number of nitrogens with one attached hydrogen (secondary N) is 1. The van der Waals surface area contributed by atoms with Gasteiger partial charge in [-0.3, -0.25) is 18.8 Å². The number of fused-ring (bicyclic) bond motifs is 2. The number of hydrogen-bond donors (Lipinski definition) is 1. The highest BCUT2D eigenvalue weighted by atomic mass is 32.2. The van der Waals surface area contributed by atoms with Crippen molar-refractivity contribution in [1.82, 2.24) is 0 Å². The average molecular weight is 385 g/mol. The fourth-order valence-corrected chi connectivity index (χ4v) is 5.08. The lowest BCUT2D eigenvalue weighted by Crippen LogP contribution is -2.42. The van der Waals surface area contributed by atoms with Crippen molar-refractivity contribution >= 4 is 38.9 Å². The van der Waals surface area contributed by atoms with E-state index in [1.807, 2.05) is 13.0 Å². The summed E-state index contributed by atoms with van der Waals surface area (Å²) in [6, 6.07) is 12.0. The van der Waals surface area contributed by atoms with Crippen LogP contribution < -0.4 is 14.5 Å². The normalized spacial score (nSPS) is 18.7. The predicted octanol–water partition coefficient (Wildman–Crippen LogP) is 2.00. The predicted molar refractivity (Wildman–Crippen MR) is 104 cm³/mol. The summed E-state index contributed by atoms with van der Waals surface area (Å²) < 4.78 is 25.5. The Balaban J connectivity index is 1.71. The third-order valence-electron chi connectivity index (χ3n) is 4.85. The molecule has 2 aliphatic rings. The van der Waals surface area contributed by atoms with E-state index < -0.39 is 10.0 Å². The molecule has 2 amide bonds. The number of carbonyl (C=O) groups excluding carboxylic acids is 2. The van der Waals surface area contributed by atoms with Gasteiger partial charge in [-0.15, -0.1) is 0 Å². The summed E-state index contributed by atoms with van der Waals surface area (Å²) in [6.07, 6.45) is 1.72. The van der Waals surface area contributed by atoms with Crippen LogP contribution >= 0.6 is 0 Å². The molecule has 140 valence electrons. The SMILES string of the molecule is CC1Cc2cc(C(=O)N3CC(=O)Nc4ccccc43)ccc2N1S(C)(=O)=O. The molecule has 2 aromatic rings. The molecule has 0 saturated heterocycles. The maximum Gasteiger partial charge on any atom is 0.258 e. The van der Waals surface area contributed by atoms with Gasteiger partial charge in [0.1, 0.15) is 6.54 Å². The Morgan fingerprint density at radius 1 is 1.15 bits per heavy atom. The number of amides is 2. The molecule has 1 atom stereocenters. The van der Waals surface area contributed by atoms with E-state index in [0.29, 0.717) is 29.0 Å². The second-order valence-corrected chi connectivity index (χ2v) is 8.77. The first kappa shape index (κ1) is 17.5. The van der Waals surface area contributed by atoms with E-state index in [-0.39, 0.29) is 24.4 Å². The van der Waals surface area contributed by atoms with E-state index in [4.69, 9.17) is 0 Å². The van der Waals surface area contributed by atoms with Gasteiger partial charge in [0.15, 0.2) is 0 Å². The van der Waals surface area contributed by atoms with E-state index in [0.717, 1.165) is 5.56 Å². The van der Waals surface area contributed by atoms with Crippen molar-refractivity contribution in [3.05, 3.63) is 53.6 Å². The van der Waals surface area contributed by atoms with Gasteiger partial charge in [-0.25, -0.2) is 8.42 Å². The van der Waals surface area contributed by atoms with Crippen LogP contribution in [0.3, 0.4) is 0 Å². The molecular formula is C19H19N3O4S. The lowest BCUT2D eigenvalue weighted by molar-refractivity contribution is -0.115. The average Bonchev–Trinajstić information content (AvgIpc) is 2.95. The smallest absolute Gasteiger partial charge is 0.258 e. The summed E-state index contributed by atoms with van der Waals surface area (Å²) >= 11 is 0. The van der Waals surface area contributed by atoms with Crippen LogP contribution in [0.1, 0.15) is 22.8 Å². The van der Waals surface area contributed by atoms with Gasteiger partial charge in [-0.1, -0.05) is 12.1 Å². The van der Waals surface area contributed by atoms with Gasteiger partial charge in [0, 0.05) is 11.6 Å². The first-order chi connectivity index (χ1) is 12.8. The first-order valence-corrected chi connectivity index (χ1v) is 10.4. The maximum atomic E-state index is 13.1. The molecule has 8 heteroatoms. The van der Waals surface area contributed by atoms with E-state index >= 15 is 0 Å². The summed E-state index contributed by atoms with van der Waals surface area (Å²) in [5.74, 6) is -0.536. The summed E-state index contributed by atoms with van der Waals surface area (Å²) in [5.41, 5.74) is 3.10. The monoisotopic (exact) mass is 385 g/mol. The van der Waals surface area contributed by atoms with Crippen LogP contribution in [0, 0.1) is 0 Å². The Labute approximate surface area is 157 Å². The molecule has 4 rings (SSSR count). The summed E-state index contributed by atoms with van der Waals surface area (Å²) in [4.78, 5) is 26.5. The molecule has 7 nitrogen and oxygen atoms in total. The molecule has 0 fully saturated rings. The van der Waals surface area contributed by atoms with Crippen LogP contribution in [0.4, 0.5) is 17.1 Å². The van der Waals surface area contributed by atoms with Crippen molar-refractivity contribution in [1.29, 1.82) is 0 Å². The first-order valence-electron chi connectivity index (χ1n) is 8.59. The quantitative estimate of drug-likeness (QED) is 0.857. The number of hydrogen-bond acceptors (Lipinski definition) is 4. The highest BCUT2D eigenvalue weighted by Crippen LogP contribution is 2.36. The fraction of sp³-hybridized carbons (Fsp3) is 0.263. The van der Waals surface area contributed by atoms with Crippen LogP contribution in [-0.2, 0) is 21.2 Å². The Bertz CT molecular complexity index is 1060. The molecule has 1 unspecified atom stereocenters. The van der Waals surface area contributed by atoms with Crippen LogP contribution in [0.2, 0.25) is 0 Å². The van der Waals surface area contributed by atoms with E-state index in [2.05, 4.69) is 5.32 Å². The second kappa shape index (κ2) is 6.09. The van der Waals surface area contributed by atoms with Crippen molar-refractivity contribution in [2.75, 3.05) is 27.3 Å². The van der Waals surface area contributed by atoms with Crippen LogP contribution in [-0.4, -0.2) is 39.1 Å². The topological polar surface area (TPSA) is 86.8 Å². The van der Waals surface area contributed by atoms with Crippen molar-refractivity contribution in [2.45, 2.75) is 19.4 Å². The van der Waals surface area contributed by atoms with Crippen molar-refractivity contribution in [2.24, 2.45) is 0 Å². The minimum Gasteiger partial charge on any atom is -0.323 e. The van der Waals surface area contributed by atoms with Crippen molar-refractivity contribution in [3.63, 3.8) is 0 Å². The number of carbonyl (C=O) groups is 2. The minimum atomic E-state index is -3.38.